The largest absolute Gasteiger partial charge is 0.453 e. The van der Waals surface area contributed by atoms with Crippen LogP contribution >= 0.6 is 0 Å². The summed E-state index contributed by atoms with van der Waals surface area (Å²) >= 11 is 0. The number of carbonyl (C=O) groups is 1. The maximum absolute atomic E-state index is 13.0. The summed E-state index contributed by atoms with van der Waals surface area (Å²) in [5.74, 6) is 0.882. The van der Waals surface area contributed by atoms with E-state index in [0.29, 0.717) is 35.7 Å². The number of amides is 1. The van der Waals surface area contributed by atoms with Gasteiger partial charge in [-0.1, -0.05) is 18.2 Å². The number of aryl methyl sites for hydroxylation is 1. The van der Waals surface area contributed by atoms with E-state index in [1.165, 1.54) is 12.1 Å². The van der Waals surface area contributed by atoms with E-state index in [1.54, 1.807) is 34.0 Å². The Kier molecular flexibility index (Phi) is 5.87. The van der Waals surface area contributed by atoms with Crippen LogP contribution in [0.15, 0.2) is 67.0 Å². The van der Waals surface area contributed by atoms with Gasteiger partial charge in [-0.3, -0.25) is 9.48 Å². The fourth-order valence-corrected chi connectivity index (χ4v) is 4.20. The third kappa shape index (κ3) is 4.74. The van der Waals surface area contributed by atoms with Crippen molar-refractivity contribution in [3.05, 3.63) is 83.7 Å². The van der Waals surface area contributed by atoms with Crippen LogP contribution in [0.1, 0.15) is 16.7 Å². The van der Waals surface area contributed by atoms with Gasteiger partial charge in [0.25, 0.3) is 0 Å². The predicted molar refractivity (Wildman–Crippen MR) is 129 cm³/mol. The minimum Gasteiger partial charge on any atom is -0.453 e. The number of benzene rings is 2. The first-order chi connectivity index (χ1) is 17.2. The molecule has 36 heavy (non-hydrogen) atoms. The average Bonchev–Trinajstić information content (AvgIpc) is 3.46. The zero-order valence-electron chi connectivity index (χ0n) is 19.3. The average molecular weight is 493 g/mol. The highest BCUT2D eigenvalue weighted by molar-refractivity contribution is 5.96. The molecule has 1 amide bonds. The molecule has 2 aromatic heterocycles. The smallest absolute Gasteiger partial charge is 0.416 e. The molecule has 0 radical (unpaired) electrons. The van der Waals surface area contributed by atoms with Crippen LogP contribution < -0.4 is 15.4 Å². The molecule has 1 aliphatic rings. The number of nitrogen functional groups attached to an aromatic ring is 1. The van der Waals surface area contributed by atoms with Gasteiger partial charge < -0.3 is 15.4 Å². The van der Waals surface area contributed by atoms with E-state index >= 15 is 0 Å². The third-order valence-corrected chi connectivity index (χ3v) is 5.98. The number of halogens is 3. The number of hydrogen-bond donors (Lipinski definition) is 1. The van der Waals surface area contributed by atoms with Crippen LogP contribution in [0, 0.1) is 0 Å². The van der Waals surface area contributed by atoms with E-state index in [0.717, 1.165) is 29.0 Å². The van der Waals surface area contributed by atoms with Gasteiger partial charge in [0.2, 0.25) is 5.91 Å². The van der Waals surface area contributed by atoms with Gasteiger partial charge in [-0.25, -0.2) is 4.98 Å². The summed E-state index contributed by atoms with van der Waals surface area (Å²) < 4.78 is 46.7. The molecule has 0 atom stereocenters. The van der Waals surface area contributed by atoms with Crippen molar-refractivity contribution in [2.45, 2.75) is 19.0 Å². The van der Waals surface area contributed by atoms with Crippen LogP contribution in [0.4, 0.5) is 24.7 Å². The predicted octanol–water partition coefficient (Wildman–Crippen LogP) is 5.01. The van der Waals surface area contributed by atoms with Crippen molar-refractivity contribution in [3.63, 3.8) is 0 Å². The van der Waals surface area contributed by atoms with Crippen LogP contribution in [-0.4, -0.2) is 27.2 Å². The number of nitrogens with zero attached hydrogens (tertiary/aromatic N) is 4. The van der Waals surface area contributed by atoms with E-state index in [4.69, 9.17) is 10.5 Å². The van der Waals surface area contributed by atoms with Gasteiger partial charge in [-0.05, 0) is 53.9 Å². The van der Waals surface area contributed by atoms with Gasteiger partial charge in [-0.2, -0.15) is 18.3 Å². The molecule has 1 aliphatic heterocycles. The zero-order chi connectivity index (χ0) is 25.4. The number of alkyl halides is 3. The molecular formula is C26H22F3N5O2. The zero-order valence-corrected chi connectivity index (χ0v) is 19.3. The molecule has 0 saturated carbocycles. The Morgan fingerprint density at radius 2 is 1.97 bits per heavy atom. The van der Waals surface area contributed by atoms with E-state index < -0.39 is 11.7 Å². The minimum absolute atomic E-state index is 0.121. The summed E-state index contributed by atoms with van der Waals surface area (Å²) in [5.41, 5.74) is 8.68. The lowest BCUT2D eigenvalue weighted by molar-refractivity contribution is -0.137. The highest BCUT2D eigenvalue weighted by Crippen LogP contribution is 2.36. The van der Waals surface area contributed by atoms with Crippen molar-refractivity contribution in [1.29, 1.82) is 0 Å². The Hall–Kier alpha value is -4.34. The van der Waals surface area contributed by atoms with Gasteiger partial charge in [0.05, 0.1) is 17.7 Å². The second-order valence-electron chi connectivity index (χ2n) is 8.54. The molecule has 4 aromatic rings. The first-order valence-electron chi connectivity index (χ1n) is 11.2. The van der Waals surface area contributed by atoms with Gasteiger partial charge >= 0.3 is 6.18 Å². The molecule has 10 heteroatoms. The normalized spacial score (nSPS) is 13.1. The summed E-state index contributed by atoms with van der Waals surface area (Å²) in [7, 11) is 1.82. The van der Waals surface area contributed by atoms with Gasteiger partial charge in [0, 0.05) is 37.2 Å². The summed E-state index contributed by atoms with van der Waals surface area (Å²) in [6.07, 6.45) is -0.521. The summed E-state index contributed by atoms with van der Waals surface area (Å²) in [6, 6.07) is 13.8. The summed E-state index contributed by atoms with van der Waals surface area (Å²) in [4.78, 5) is 18.7. The SMILES string of the molecule is Cn1ccc(-c2cnc(N)c(Oc3ccc4c(c3)CCN4C(=O)Cc3cccc(C(F)(F)F)c3)c2)n1. The molecule has 0 unspecified atom stereocenters. The van der Waals surface area contributed by atoms with Gasteiger partial charge in [0.15, 0.2) is 11.6 Å². The van der Waals surface area contributed by atoms with Crippen molar-refractivity contribution in [1.82, 2.24) is 14.8 Å². The topological polar surface area (TPSA) is 86.3 Å². The Balaban J connectivity index is 1.32. The number of ether oxygens (including phenoxy) is 1. The maximum Gasteiger partial charge on any atom is 0.416 e. The van der Waals surface area contributed by atoms with Crippen LogP contribution in [0.2, 0.25) is 0 Å². The second-order valence-corrected chi connectivity index (χ2v) is 8.54. The molecular weight excluding hydrogens is 471 g/mol. The maximum atomic E-state index is 13.0. The molecule has 0 fully saturated rings. The summed E-state index contributed by atoms with van der Waals surface area (Å²) in [5, 5.41) is 4.36. The number of rotatable bonds is 5. The minimum atomic E-state index is -4.45. The van der Waals surface area contributed by atoms with Gasteiger partial charge in [-0.15, -0.1) is 0 Å². The number of aromatic nitrogens is 3. The van der Waals surface area contributed by atoms with Crippen molar-refractivity contribution >= 4 is 17.4 Å². The van der Waals surface area contributed by atoms with Crippen molar-refractivity contribution in [3.8, 4) is 22.8 Å². The number of nitrogens with two attached hydrogens (primary N) is 1. The quantitative estimate of drug-likeness (QED) is 0.423. The van der Waals surface area contributed by atoms with Crippen LogP contribution in [0.3, 0.4) is 0 Å². The lowest BCUT2D eigenvalue weighted by atomic mass is 10.1. The number of carbonyl (C=O) groups excluding carboxylic acids is 1. The number of pyridine rings is 1. The number of hydrogen-bond acceptors (Lipinski definition) is 5. The van der Waals surface area contributed by atoms with Crippen LogP contribution in [0.5, 0.6) is 11.5 Å². The monoisotopic (exact) mass is 493 g/mol. The van der Waals surface area contributed by atoms with E-state index in [2.05, 4.69) is 10.1 Å². The van der Waals surface area contributed by atoms with Crippen LogP contribution in [-0.2, 0) is 30.9 Å². The molecule has 2 aromatic carbocycles. The molecule has 0 spiro atoms. The fourth-order valence-electron chi connectivity index (χ4n) is 4.20. The van der Waals surface area contributed by atoms with Crippen molar-refractivity contribution < 1.29 is 22.7 Å². The Morgan fingerprint density at radius 1 is 1.14 bits per heavy atom. The first-order valence-corrected chi connectivity index (χ1v) is 11.2. The van der Waals surface area contributed by atoms with E-state index in [-0.39, 0.29) is 18.1 Å². The highest BCUT2D eigenvalue weighted by atomic mass is 19.4. The molecule has 184 valence electrons. The Labute approximate surface area is 204 Å². The molecule has 7 nitrogen and oxygen atoms in total. The molecule has 3 heterocycles. The molecule has 0 saturated heterocycles. The first kappa shape index (κ1) is 23.4. The summed E-state index contributed by atoms with van der Waals surface area (Å²) in [6.45, 7) is 0.440. The van der Waals surface area contributed by atoms with Gasteiger partial charge in [0.1, 0.15) is 5.75 Å². The second kappa shape index (κ2) is 9.03. The molecule has 5 rings (SSSR count). The standard InChI is InChI=1S/C26H22F3N5O2/c1-33-9-8-21(32-33)18-14-23(25(30)31-15-18)36-20-5-6-22-17(13-20)7-10-34(22)24(35)12-16-3-2-4-19(11-16)26(27,28)29/h2-6,8-9,11,13-15H,7,10,12H2,1H3,(H2,30,31). The van der Waals surface area contributed by atoms with Crippen LogP contribution in [0.25, 0.3) is 11.3 Å². The van der Waals surface area contributed by atoms with E-state index in [1.807, 2.05) is 25.4 Å². The fraction of sp³-hybridized carbons (Fsp3) is 0.192. The van der Waals surface area contributed by atoms with Crippen molar-refractivity contribution in [2.75, 3.05) is 17.2 Å². The lowest BCUT2D eigenvalue weighted by Crippen LogP contribution is -2.30. The Bertz CT molecular complexity index is 1450. The molecule has 0 bridgehead atoms. The molecule has 0 aliphatic carbocycles. The lowest BCUT2D eigenvalue weighted by Gasteiger charge is -2.18. The van der Waals surface area contributed by atoms with E-state index in [9.17, 15) is 18.0 Å². The van der Waals surface area contributed by atoms with Crippen molar-refractivity contribution in [2.24, 2.45) is 7.05 Å². The molecule has 2 N–H and O–H groups in total. The Morgan fingerprint density at radius 3 is 2.72 bits per heavy atom. The number of fused-ring (bicyclic) bond motifs is 1. The number of anilines is 2. The highest BCUT2D eigenvalue weighted by Gasteiger charge is 2.31. The third-order valence-electron chi connectivity index (χ3n) is 5.98.